The van der Waals surface area contributed by atoms with Gasteiger partial charge in [0.2, 0.25) is 0 Å². The molecule has 7 nitrogen and oxygen atoms in total. The monoisotopic (exact) mass is 336 g/mol. The number of nitrogens with one attached hydrogen (secondary N) is 1. The molecule has 1 N–H and O–H groups in total. The highest BCUT2D eigenvalue weighted by Gasteiger charge is 2.11. The number of aromatic amines is 1. The van der Waals surface area contributed by atoms with Gasteiger partial charge in [-0.1, -0.05) is 11.8 Å². The molecule has 0 saturated carbocycles. The van der Waals surface area contributed by atoms with Crippen LogP contribution < -0.4 is 5.56 Å². The van der Waals surface area contributed by atoms with E-state index in [4.69, 9.17) is 0 Å². The van der Waals surface area contributed by atoms with E-state index in [1.165, 1.54) is 42.5 Å². The molecule has 0 unspecified atom stereocenters. The minimum Gasteiger partial charge on any atom is -0.464 e. The zero-order valence-electron chi connectivity index (χ0n) is 11.8. The number of nitrogens with zero attached hydrogens (tertiary/aromatic N) is 3. The first kappa shape index (κ1) is 14.8. The zero-order valence-corrected chi connectivity index (χ0v) is 13.5. The Bertz CT molecular complexity index is 896. The summed E-state index contributed by atoms with van der Waals surface area (Å²) < 4.78 is 6.19. The molecule has 0 bridgehead atoms. The molecule has 0 atom stereocenters. The Morgan fingerprint density at radius 3 is 3.14 bits per heavy atom. The molecule has 0 radical (unpaired) electrons. The van der Waals surface area contributed by atoms with Crippen molar-refractivity contribution in [3.05, 3.63) is 45.1 Å². The number of carbonyl (C=O) groups excluding carboxylic acids is 1. The van der Waals surface area contributed by atoms with Gasteiger partial charge in [0.25, 0.3) is 5.56 Å². The van der Waals surface area contributed by atoms with Gasteiger partial charge < -0.3 is 9.72 Å². The van der Waals surface area contributed by atoms with Crippen molar-refractivity contribution >= 4 is 34.0 Å². The lowest BCUT2D eigenvalue weighted by Gasteiger charge is -2.00. The third kappa shape index (κ3) is 2.77. The number of thioether (sulfide) groups is 1. The Balaban J connectivity index is 1.78. The number of imidazole rings is 1. The Hall–Kier alpha value is -2.13. The van der Waals surface area contributed by atoms with Crippen molar-refractivity contribution in [1.82, 2.24) is 19.4 Å². The molecule has 3 rings (SSSR count). The normalized spacial score (nSPS) is 11.0. The van der Waals surface area contributed by atoms with Crippen LogP contribution in [0.5, 0.6) is 0 Å². The lowest BCUT2D eigenvalue weighted by Crippen LogP contribution is -2.14. The topological polar surface area (TPSA) is 89.3 Å². The average Bonchev–Trinajstić information content (AvgIpc) is 3.12. The van der Waals surface area contributed by atoms with Gasteiger partial charge in [0.05, 0.1) is 19.0 Å². The van der Waals surface area contributed by atoms with Crippen molar-refractivity contribution in [3.8, 4) is 0 Å². The quantitative estimate of drug-likeness (QED) is 0.578. The molecule has 0 amide bonds. The highest BCUT2D eigenvalue weighted by atomic mass is 32.2. The minimum atomic E-state index is -0.466. The van der Waals surface area contributed by atoms with E-state index in [2.05, 4.69) is 19.7 Å². The van der Waals surface area contributed by atoms with Crippen molar-refractivity contribution < 1.29 is 9.53 Å². The van der Waals surface area contributed by atoms with Crippen LogP contribution in [-0.2, 0) is 10.5 Å². The zero-order chi connectivity index (χ0) is 15.7. The molecular formula is C13H12N4O3S2. The first-order chi connectivity index (χ1) is 10.6. The largest absolute Gasteiger partial charge is 0.464 e. The molecule has 0 spiro atoms. The summed E-state index contributed by atoms with van der Waals surface area (Å²) in [5.74, 6) is 0.0165. The van der Waals surface area contributed by atoms with Gasteiger partial charge in [0.1, 0.15) is 5.69 Å². The number of ether oxygens (including phenoxy) is 1. The number of carbonyl (C=O) groups is 1. The SMILES string of the molecule is COC(=O)c1cnc(SCc2cc(=O)n3c(C)csc3n2)[nH]1. The van der Waals surface area contributed by atoms with E-state index in [1.807, 2.05) is 12.3 Å². The minimum absolute atomic E-state index is 0.0888. The van der Waals surface area contributed by atoms with Crippen LogP contribution in [0.25, 0.3) is 4.96 Å². The maximum atomic E-state index is 12.1. The van der Waals surface area contributed by atoms with Crippen molar-refractivity contribution in [1.29, 1.82) is 0 Å². The van der Waals surface area contributed by atoms with Crippen molar-refractivity contribution in [3.63, 3.8) is 0 Å². The average molecular weight is 336 g/mol. The molecule has 0 aliphatic rings. The van der Waals surface area contributed by atoms with Gasteiger partial charge in [0, 0.05) is 22.9 Å². The third-order valence-electron chi connectivity index (χ3n) is 2.94. The fraction of sp³-hybridized carbons (Fsp3) is 0.231. The van der Waals surface area contributed by atoms with Gasteiger partial charge in [-0.25, -0.2) is 14.8 Å². The predicted molar refractivity (Wildman–Crippen MR) is 83.6 cm³/mol. The van der Waals surface area contributed by atoms with Crippen LogP contribution in [0.15, 0.2) is 27.6 Å². The maximum Gasteiger partial charge on any atom is 0.356 e. The van der Waals surface area contributed by atoms with E-state index in [0.29, 0.717) is 27.3 Å². The molecule has 9 heteroatoms. The second-order valence-electron chi connectivity index (χ2n) is 4.46. The fourth-order valence-electron chi connectivity index (χ4n) is 1.91. The number of fused-ring (bicyclic) bond motifs is 1. The molecule has 22 heavy (non-hydrogen) atoms. The van der Waals surface area contributed by atoms with E-state index < -0.39 is 5.97 Å². The third-order valence-corrected chi connectivity index (χ3v) is 4.81. The fourth-order valence-corrected chi connectivity index (χ4v) is 3.54. The molecule has 3 heterocycles. The van der Waals surface area contributed by atoms with Crippen LogP contribution in [0.1, 0.15) is 21.9 Å². The Morgan fingerprint density at radius 1 is 1.55 bits per heavy atom. The first-order valence-electron chi connectivity index (χ1n) is 6.31. The first-order valence-corrected chi connectivity index (χ1v) is 8.18. The number of thiazole rings is 1. The molecule has 3 aromatic heterocycles. The van der Waals surface area contributed by atoms with Gasteiger partial charge in [-0.2, -0.15) is 0 Å². The summed E-state index contributed by atoms with van der Waals surface area (Å²) in [5, 5.41) is 2.47. The van der Waals surface area contributed by atoms with E-state index in [1.54, 1.807) is 4.40 Å². The summed E-state index contributed by atoms with van der Waals surface area (Å²) in [5.41, 5.74) is 1.76. The van der Waals surface area contributed by atoms with E-state index in [0.717, 1.165) is 5.69 Å². The number of H-pyrrole nitrogens is 1. The summed E-state index contributed by atoms with van der Waals surface area (Å²) in [6.07, 6.45) is 1.42. The van der Waals surface area contributed by atoms with Crippen LogP contribution >= 0.6 is 23.1 Å². The molecular weight excluding hydrogens is 324 g/mol. The van der Waals surface area contributed by atoms with Gasteiger partial charge >= 0.3 is 5.97 Å². The van der Waals surface area contributed by atoms with Crippen LogP contribution in [0, 0.1) is 6.92 Å². The van der Waals surface area contributed by atoms with Crippen LogP contribution in [0.3, 0.4) is 0 Å². The molecule has 0 saturated heterocycles. The standard InChI is InChI=1S/C13H12N4O3S2/c1-7-5-22-13-15-8(3-10(18)17(7)13)6-21-12-14-4-9(16-12)11(19)20-2/h3-5H,6H2,1-2H3,(H,14,16). The van der Waals surface area contributed by atoms with Gasteiger partial charge in [-0.15, -0.1) is 11.3 Å². The summed E-state index contributed by atoms with van der Waals surface area (Å²) in [7, 11) is 1.31. The Morgan fingerprint density at radius 2 is 2.36 bits per heavy atom. The lowest BCUT2D eigenvalue weighted by molar-refractivity contribution is 0.0594. The predicted octanol–water partition coefficient (Wildman–Crippen LogP) is 1.87. The van der Waals surface area contributed by atoms with Gasteiger partial charge in [-0.3, -0.25) is 9.20 Å². The summed E-state index contributed by atoms with van der Waals surface area (Å²) in [4.78, 5) is 35.5. The van der Waals surface area contributed by atoms with Gasteiger partial charge in [0.15, 0.2) is 10.1 Å². The van der Waals surface area contributed by atoms with Crippen LogP contribution in [0.4, 0.5) is 0 Å². The van der Waals surface area contributed by atoms with Crippen molar-refractivity contribution in [2.45, 2.75) is 17.8 Å². The number of esters is 1. The lowest BCUT2D eigenvalue weighted by atomic mass is 10.4. The summed E-state index contributed by atoms with van der Waals surface area (Å²) in [6, 6.07) is 1.52. The number of rotatable bonds is 4. The Labute approximate surface area is 133 Å². The molecule has 114 valence electrons. The van der Waals surface area contributed by atoms with Crippen molar-refractivity contribution in [2.75, 3.05) is 7.11 Å². The second-order valence-corrected chi connectivity index (χ2v) is 6.26. The smallest absolute Gasteiger partial charge is 0.356 e. The molecule has 0 fully saturated rings. The number of aryl methyl sites for hydroxylation is 1. The maximum absolute atomic E-state index is 12.1. The number of aromatic nitrogens is 4. The summed E-state index contributed by atoms with van der Waals surface area (Å²) in [6.45, 7) is 1.87. The highest BCUT2D eigenvalue weighted by molar-refractivity contribution is 7.98. The van der Waals surface area contributed by atoms with Gasteiger partial charge in [-0.05, 0) is 6.92 Å². The Kier molecular flexibility index (Phi) is 3.99. The molecule has 0 aliphatic heterocycles. The van der Waals surface area contributed by atoms with E-state index in [9.17, 15) is 9.59 Å². The van der Waals surface area contributed by atoms with E-state index >= 15 is 0 Å². The molecule has 3 aromatic rings. The molecule has 0 aliphatic carbocycles. The molecule has 0 aromatic carbocycles. The van der Waals surface area contributed by atoms with Crippen molar-refractivity contribution in [2.24, 2.45) is 0 Å². The summed E-state index contributed by atoms with van der Waals surface area (Å²) >= 11 is 2.80. The van der Waals surface area contributed by atoms with Crippen LogP contribution in [-0.4, -0.2) is 32.4 Å². The number of hydrogen-bond donors (Lipinski definition) is 1. The van der Waals surface area contributed by atoms with E-state index in [-0.39, 0.29) is 5.56 Å². The highest BCUT2D eigenvalue weighted by Crippen LogP contribution is 2.20. The second kappa shape index (κ2) is 5.93. The van der Waals surface area contributed by atoms with Crippen LogP contribution in [0.2, 0.25) is 0 Å². The number of methoxy groups -OCH3 is 1. The number of hydrogen-bond acceptors (Lipinski definition) is 7.